The standard InChI is InChI=1S/C19H28N2O2/c22-18(13-15-5-2-1-3-6-15)21-19(16-8-11-23-12-9-16)17-7-4-10-20-14-17/h4,7,10,14-16,19H,1-3,5-6,8-9,11-13H2,(H,21,22). The van der Waals surface area contributed by atoms with E-state index in [2.05, 4.69) is 16.4 Å². The Labute approximate surface area is 139 Å². The van der Waals surface area contributed by atoms with Crippen LogP contribution in [0.2, 0.25) is 0 Å². The lowest BCUT2D eigenvalue weighted by Gasteiger charge is -2.32. The van der Waals surface area contributed by atoms with Crippen LogP contribution in [0.3, 0.4) is 0 Å². The molecular formula is C19H28N2O2. The van der Waals surface area contributed by atoms with Crippen molar-refractivity contribution < 1.29 is 9.53 Å². The molecule has 0 bridgehead atoms. The number of hydrogen-bond donors (Lipinski definition) is 1. The van der Waals surface area contributed by atoms with Gasteiger partial charge in [0.1, 0.15) is 0 Å². The summed E-state index contributed by atoms with van der Waals surface area (Å²) in [5.74, 6) is 1.23. The van der Waals surface area contributed by atoms with E-state index in [1.165, 1.54) is 32.1 Å². The molecule has 1 saturated heterocycles. The van der Waals surface area contributed by atoms with Crippen molar-refractivity contribution in [2.75, 3.05) is 13.2 Å². The maximum atomic E-state index is 12.6. The summed E-state index contributed by atoms with van der Waals surface area (Å²) < 4.78 is 5.48. The van der Waals surface area contributed by atoms with E-state index in [-0.39, 0.29) is 11.9 Å². The maximum Gasteiger partial charge on any atom is 0.220 e. The summed E-state index contributed by atoms with van der Waals surface area (Å²) in [5.41, 5.74) is 1.12. The van der Waals surface area contributed by atoms with E-state index in [1.807, 2.05) is 12.3 Å². The number of aromatic nitrogens is 1. The Bertz CT molecular complexity index is 479. The number of ether oxygens (including phenoxy) is 1. The van der Waals surface area contributed by atoms with Crippen molar-refractivity contribution in [1.82, 2.24) is 10.3 Å². The Balaban J connectivity index is 1.64. The van der Waals surface area contributed by atoms with Crippen molar-refractivity contribution in [3.05, 3.63) is 30.1 Å². The van der Waals surface area contributed by atoms with Gasteiger partial charge in [-0.2, -0.15) is 0 Å². The highest BCUT2D eigenvalue weighted by Gasteiger charge is 2.28. The molecule has 1 aromatic heterocycles. The molecule has 1 atom stereocenters. The number of nitrogens with one attached hydrogen (secondary N) is 1. The first-order chi connectivity index (χ1) is 11.3. The van der Waals surface area contributed by atoms with Gasteiger partial charge in [-0.05, 0) is 49.1 Å². The molecule has 23 heavy (non-hydrogen) atoms. The SMILES string of the molecule is O=C(CC1CCCCC1)NC(c1cccnc1)C1CCOCC1. The molecule has 126 valence electrons. The largest absolute Gasteiger partial charge is 0.381 e. The second-order valence-electron chi connectivity index (χ2n) is 6.99. The van der Waals surface area contributed by atoms with Crippen LogP contribution in [0, 0.1) is 11.8 Å². The molecule has 1 aliphatic carbocycles. The van der Waals surface area contributed by atoms with Crippen molar-refractivity contribution in [2.45, 2.75) is 57.4 Å². The van der Waals surface area contributed by atoms with Gasteiger partial charge in [0.05, 0.1) is 6.04 Å². The zero-order valence-electron chi connectivity index (χ0n) is 13.9. The van der Waals surface area contributed by atoms with Crippen molar-refractivity contribution >= 4 is 5.91 Å². The Hall–Kier alpha value is -1.42. The van der Waals surface area contributed by atoms with Crippen molar-refractivity contribution in [1.29, 1.82) is 0 Å². The maximum absolute atomic E-state index is 12.6. The van der Waals surface area contributed by atoms with Crippen molar-refractivity contribution in [3.63, 3.8) is 0 Å². The Morgan fingerprint density at radius 2 is 2.00 bits per heavy atom. The van der Waals surface area contributed by atoms with Crippen LogP contribution in [0.15, 0.2) is 24.5 Å². The quantitative estimate of drug-likeness (QED) is 0.902. The van der Waals surface area contributed by atoms with Gasteiger partial charge in [0.2, 0.25) is 5.91 Å². The molecule has 0 spiro atoms. The zero-order valence-corrected chi connectivity index (χ0v) is 13.9. The Kier molecular flexibility index (Phi) is 6.03. The lowest BCUT2D eigenvalue weighted by atomic mass is 9.85. The molecule has 1 saturated carbocycles. The third-order valence-corrected chi connectivity index (χ3v) is 5.30. The van der Waals surface area contributed by atoms with Gasteiger partial charge in [0, 0.05) is 32.0 Å². The molecule has 3 rings (SSSR count). The molecule has 1 amide bonds. The Morgan fingerprint density at radius 3 is 2.70 bits per heavy atom. The fraction of sp³-hybridized carbons (Fsp3) is 0.684. The van der Waals surface area contributed by atoms with Crippen molar-refractivity contribution in [2.24, 2.45) is 11.8 Å². The second kappa shape index (κ2) is 8.44. The van der Waals surface area contributed by atoms with Gasteiger partial charge in [-0.15, -0.1) is 0 Å². The molecule has 2 heterocycles. The van der Waals surface area contributed by atoms with E-state index in [0.717, 1.165) is 31.6 Å². The van der Waals surface area contributed by atoms with E-state index in [4.69, 9.17) is 4.74 Å². The fourth-order valence-corrected chi connectivity index (χ4v) is 3.97. The molecule has 0 radical (unpaired) electrons. The molecule has 2 aliphatic rings. The molecule has 4 heteroatoms. The predicted octanol–water partition coefficient (Wildman–Crippen LogP) is 3.64. The van der Waals surface area contributed by atoms with Gasteiger partial charge >= 0.3 is 0 Å². The molecular weight excluding hydrogens is 288 g/mol. The lowest BCUT2D eigenvalue weighted by Crippen LogP contribution is -2.37. The van der Waals surface area contributed by atoms with Crippen LogP contribution in [0.4, 0.5) is 0 Å². The smallest absolute Gasteiger partial charge is 0.220 e. The highest BCUT2D eigenvalue weighted by molar-refractivity contribution is 5.76. The molecule has 4 nitrogen and oxygen atoms in total. The summed E-state index contributed by atoms with van der Waals surface area (Å²) in [7, 11) is 0. The molecule has 1 aromatic rings. The van der Waals surface area contributed by atoms with E-state index in [9.17, 15) is 4.79 Å². The number of hydrogen-bond acceptors (Lipinski definition) is 3. The third kappa shape index (κ3) is 4.77. The summed E-state index contributed by atoms with van der Waals surface area (Å²) in [5, 5.41) is 3.32. The summed E-state index contributed by atoms with van der Waals surface area (Å²) in [6.07, 6.45) is 12.7. The number of nitrogens with zero attached hydrogens (tertiary/aromatic N) is 1. The number of pyridine rings is 1. The first-order valence-electron chi connectivity index (χ1n) is 9.10. The average molecular weight is 316 g/mol. The van der Waals surface area contributed by atoms with E-state index < -0.39 is 0 Å². The van der Waals surface area contributed by atoms with Gasteiger partial charge < -0.3 is 10.1 Å². The summed E-state index contributed by atoms with van der Waals surface area (Å²) in [6.45, 7) is 1.58. The van der Waals surface area contributed by atoms with Crippen LogP contribution in [0.1, 0.15) is 63.0 Å². The normalized spacial score (nSPS) is 21.7. The minimum Gasteiger partial charge on any atom is -0.381 e. The zero-order chi connectivity index (χ0) is 15.9. The van der Waals surface area contributed by atoms with Gasteiger partial charge in [0.15, 0.2) is 0 Å². The van der Waals surface area contributed by atoms with Crippen molar-refractivity contribution in [3.8, 4) is 0 Å². The molecule has 1 aliphatic heterocycles. The third-order valence-electron chi connectivity index (χ3n) is 5.30. The number of rotatable bonds is 5. The highest BCUT2D eigenvalue weighted by Crippen LogP contribution is 2.31. The van der Waals surface area contributed by atoms with Crippen LogP contribution in [0.5, 0.6) is 0 Å². The van der Waals surface area contributed by atoms with Gasteiger partial charge in [0.25, 0.3) is 0 Å². The van der Waals surface area contributed by atoms with Crippen LogP contribution in [-0.4, -0.2) is 24.1 Å². The molecule has 0 aromatic carbocycles. The number of carbonyl (C=O) groups is 1. The first-order valence-corrected chi connectivity index (χ1v) is 9.10. The first kappa shape index (κ1) is 16.4. The predicted molar refractivity (Wildman–Crippen MR) is 89.9 cm³/mol. The van der Waals surface area contributed by atoms with Crippen LogP contribution < -0.4 is 5.32 Å². The minimum atomic E-state index is 0.0729. The van der Waals surface area contributed by atoms with E-state index >= 15 is 0 Å². The number of carbonyl (C=O) groups excluding carboxylic acids is 1. The molecule has 1 unspecified atom stereocenters. The Morgan fingerprint density at radius 1 is 1.22 bits per heavy atom. The molecule has 1 N–H and O–H groups in total. The van der Waals surface area contributed by atoms with Gasteiger partial charge in [-0.1, -0.05) is 25.3 Å². The second-order valence-corrected chi connectivity index (χ2v) is 6.99. The fourth-order valence-electron chi connectivity index (χ4n) is 3.97. The minimum absolute atomic E-state index is 0.0729. The van der Waals surface area contributed by atoms with Gasteiger partial charge in [-0.3, -0.25) is 9.78 Å². The van der Waals surface area contributed by atoms with Crippen LogP contribution >= 0.6 is 0 Å². The van der Waals surface area contributed by atoms with Gasteiger partial charge in [-0.25, -0.2) is 0 Å². The lowest BCUT2D eigenvalue weighted by molar-refractivity contribution is -0.123. The summed E-state index contributed by atoms with van der Waals surface area (Å²) >= 11 is 0. The topological polar surface area (TPSA) is 51.2 Å². The molecule has 2 fully saturated rings. The average Bonchev–Trinajstić information content (AvgIpc) is 2.62. The van der Waals surface area contributed by atoms with E-state index in [0.29, 0.717) is 18.3 Å². The van der Waals surface area contributed by atoms with Crippen LogP contribution in [0.25, 0.3) is 0 Å². The number of amides is 1. The highest BCUT2D eigenvalue weighted by atomic mass is 16.5. The summed E-state index contributed by atoms with van der Waals surface area (Å²) in [4.78, 5) is 16.8. The monoisotopic (exact) mass is 316 g/mol. The van der Waals surface area contributed by atoms with E-state index in [1.54, 1.807) is 6.20 Å². The summed E-state index contributed by atoms with van der Waals surface area (Å²) in [6, 6.07) is 4.10. The van der Waals surface area contributed by atoms with Crippen LogP contribution in [-0.2, 0) is 9.53 Å².